The molecule has 5 heteroatoms. The molecule has 0 atom stereocenters. The van der Waals surface area contributed by atoms with Gasteiger partial charge in [-0.1, -0.05) is 43.2 Å². The van der Waals surface area contributed by atoms with Crippen molar-refractivity contribution in [3.05, 3.63) is 48.0 Å². The number of nitrogens with zero attached hydrogens (tertiary/aromatic N) is 3. The molecule has 2 aliphatic rings. The molecule has 0 aliphatic carbocycles. The van der Waals surface area contributed by atoms with E-state index in [9.17, 15) is 0 Å². The van der Waals surface area contributed by atoms with E-state index >= 15 is 0 Å². The molecule has 2 aromatic rings. The summed E-state index contributed by atoms with van der Waals surface area (Å²) in [6.07, 6.45) is 9.30. The molecule has 0 bridgehead atoms. The molecule has 2 heterocycles. The molecule has 0 radical (unpaired) electrons. The van der Waals surface area contributed by atoms with Gasteiger partial charge in [0.2, 0.25) is 0 Å². The van der Waals surface area contributed by atoms with Gasteiger partial charge in [-0.2, -0.15) is 0 Å². The predicted octanol–water partition coefficient (Wildman–Crippen LogP) is 5.57. The lowest BCUT2D eigenvalue weighted by Gasteiger charge is -2.27. The fraction of sp³-hybridized carbons (Fsp3) is 0.600. The SMILES string of the molecule is CN(C)Cc1ccccc1-c1ccc(NCCCN2CCCCC2)c(OCCN2CCCCC2)c1. The quantitative estimate of drug-likeness (QED) is 0.403. The van der Waals surface area contributed by atoms with E-state index in [4.69, 9.17) is 4.74 Å². The van der Waals surface area contributed by atoms with Crippen LogP contribution in [0.5, 0.6) is 5.75 Å². The average Bonchev–Trinajstić information content (AvgIpc) is 2.88. The van der Waals surface area contributed by atoms with Crippen LogP contribution in [-0.2, 0) is 6.54 Å². The molecule has 2 aromatic carbocycles. The zero-order valence-electron chi connectivity index (χ0n) is 22.1. The maximum absolute atomic E-state index is 6.45. The van der Waals surface area contributed by atoms with Crippen molar-refractivity contribution in [1.29, 1.82) is 0 Å². The second-order valence-electron chi connectivity index (χ2n) is 10.5. The molecule has 0 amide bonds. The van der Waals surface area contributed by atoms with Crippen molar-refractivity contribution in [1.82, 2.24) is 14.7 Å². The van der Waals surface area contributed by atoms with E-state index in [1.165, 1.54) is 94.4 Å². The highest BCUT2D eigenvalue weighted by molar-refractivity contribution is 5.73. The maximum Gasteiger partial charge on any atom is 0.143 e. The molecule has 1 N–H and O–H groups in total. The van der Waals surface area contributed by atoms with Gasteiger partial charge in [0, 0.05) is 19.6 Å². The summed E-state index contributed by atoms with van der Waals surface area (Å²) in [4.78, 5) is 7.39. The summed E-state index contributed by atoms with van der Waals surface area (Å²) >= 11 is 0. The van der Waals surface area contributed by atoms with Crippen molar-refractivity contribution < 1.29 is 4.74 Å². The van der Waals surface area contributed by atoms with Gasteiger partial charge in [-0.15, -0.1) is 0 Å². The Morgan fingerprint density at radius 3 is 2.23 bits per heavy atom. The van der Waals surface area contributed by atoms with Crippen LogP contribution in [0.1, 0.15) is 50.5 Å². The van der Waals surface area contributed by atoms with Gasteiger partial charge >= 0.3 is 0 Å². The number of nitrogens with one attached hydrogen (secondary N) is 1. The molecule has 2 aliphatic heterocycles. The minimum absolute atomic E-state index is 0.741. The topological polar surface area (TPSA) is 31.0 Å². The van der Waals surface area contributed by atoms with Crippen LogP contribution in [0.4, 0.5) is 5.69 Å². The number of ether oxygens (including phenoxy) is 1. The molecule has 0 saturated carbocycles. The highest BCUT2D eigenvalue weighted by atomic mass is 16.5. The van der Waals surface area contributed by atoms with Crippen LogP contribution in [0.25, 0.3) is 11.1 Å². The van der Waals surface area contributed by atoms with Gasteiger partial charge in [0.15, 0.2) is 0 Å². The van der Waals surface area contributed by atoms with Gasteiger partial charge in [0.05, 0.1) is 5.69 Å². The van der Waals surface area contributed by atoms with Crippen molar-refractivity contribution in [2.75, 3.05) is 71.8 Å². The van der Waals surface area contributed by atoms with Gasteiger partial charge in [0.25, 0.3) is 0 Å². The highest BCUT2D eigenvalue weighted by Gasteiger charge is 2.14. The van der Waals surface area contributed by atoms with Gasteiger partial charge in [0.1, 0.15) is 12.4 Å². The van der Waals surface area contributed by atoms with Gasteiger partial charge < -0.3 is 19.9 Å². The third-order valence-electron chi connectivity index (χ3n) is 7.33. The number of likely N-dealkylation sites (tertiary alicyclic amines) is 2. The average molecular weight is 479 g/mol. The summed E-state index contributed by atoms with van der Waals surface area (Å²) in [5.41, 5.74) is 4.99. The Hall–Kier alpha value is -2.08. The van der Waals surface area contributed by atoms with Crippen molar-refractivity contribution in [2.24, 2.45) is 0 Å². The Bertz CT molecular complexity index is 888. The fourth-order valence-electron chi connectivity index (χ4n) is 5.41. The summed E-state index contributed by atoms with van der Waals surface area (Å²) in [5.74, 6) is 0.983. The number of anilines is 1. The molecule has 2 saturated heterocycles. The van der Waals surface area contributed by atoms with Crippen molar-refractivity contribution in [2.45, 2.75) is 51.5 Å². The van der Waals surface area contributed by atoms with Crippen LogP contribution < -0.4 is 10.1 Å². The van der Waals surface area contributed by atoms with E-state index in [0.29, 0.717) is 0 Å². The number of rotatable bonds is 12. The smallest absolute Gasteiger partial charge is 0.143 e. The molecular formula is C30H46N4O. The standard InChI is InChI=1S/C30H46N4O/c1-32(2)25-27-12-5-6-13-28(27)26-14-15-29(31-16-11-21-33-17-7-3-8-18-33)30(24-26)35-23-22-34-19-9-4-10-20-34/h5-6,12-15,24,31H,3-4,7-11,16-23,25H2,1-2H3. The van der Waals surface area contributed by atoms with Crippen LogP contribution in [0.3, 0.4) is 0 Å². The fourth-order valence-corrected chi connectivity index (χ4v) is 5.41. The van der Waals surface area contributed by atoms with E-state index in [2.05, 4.69) is 76.6 Å². The molecular weight excluding hydrogens is 432 g/mol. The Morgan fingerprint density at radius 1 is 0.829 bits per heavy atom. The zero-order chi connectivity index (χ0) is 24.3. The molecule has 0 spiro atoms. The normalized spacial score (nSPS) is 17.6. The Labute approximate surface area is 213 Å². The van der Waals surface area contributed by atoms with Crippen molar-refractivity contribution in [3.63, 3.8) is 0 Å². The summed E-state index contributed by atoms with van der Waals surface area (Å²) in [7, 11) is 4.26. The summed E-state index contributed by atoms with van der Waals surface area (Å²) in [6, 6.07) is 15.5. The Kier molecular flexibility index (Phi) is 10.3. The van der Waals surface area contributed by atoms with Crippen LogP contribution >= 0.6 is 0 Å². The highest BCUT2D eigenvalue weighted by Crippen LogP contribution is 2.33. The summed E-state index contributed by atoms with van der Waals surface area (Å²) in [5, 5.41) is 3.69. The lowest BCUT2D eigenvalue weighted by Crippen LogP contribution is -2.33. The lowest BCUT2D eigenvalue weighted by atomic mass is 9.98. The largest absolute Gasteiger partial charge is 0.490 e. The second-order valence-corrected chi connectivity index (χ2v) is 10.5. The number of hydrogen-bond acceptors (Lipinski definition) is 5. The van der Waals surface area contributed by atoms with E-state index in [1.807, 2.05) is 0 Å². The monoisotopic (exact) mass is 478 g/mol. The second kappa shape index (κ2) is 13.9. The first kappa shape index (κ1) is 26.0. The number of benzene rings is 2. The first-order valence-electron chi connectivity index (χ1n) is 13.9. The Balaban J connectivity index is 1.43. The van der Waals surface area contributed by atoms with Crippen LogP contribution in [0.15, 0.2) is 42.5 Å². The van der Waals surface area contributed by atoms with E-state index < -0.39 is 0 Å². The first-order chi connectivity index (χ1) is 17.2. The lowest BCUT2D eigenvalue weighted by molar-refractivity contribution is 0.184. The van der Waals surface area contributed by atoms with Crippen LogP contribution in [0.2, 0.25) is 0 Å². The van der Waals surface area contributed by atoms with Crippen LogP contribution in [0, 0.1) is 0 Å². The minimum Gasteiger partial charge on any atom is -0.490 e. The minimum atomic E-state index is 0.741. The van der Waals surface area contributed by atoms with E-state index in [0.717, 1.165) is 37.7 Å². The molecule has 35 heavy (non-hydrogen) atoms. The molecule has 4 rings (SSSR count). The van der Waals surface area contributed by atoms with Crippen LogP contribution in [-0.4, -0.2) is 81.2 Å². The molecule has 0 aromatic heterocycles. The molecule has 0 unspecified atom stereocenters. The van der Waals surface area contributed by atoms with Gasteiger partial charge in [-0.25, -0.2) is 0 Å². The van der Waals surface area contributed by atoms with E-state index in [-0.39, 0.29) is 0 Å². The maximum atomic E-state index is 6.45. The number of hydrogen-bond donors (Lipinski definition) is 1. The van der Waals surface area contributed by atoms with Gasteiger partial charge in [-0.05, 0) is 108 Å². The number of piperidine rings is 2. The van der Waals surface area contributed by atoms with Gasteiger partial charge in [-0.3, -0.25) is 4.90 Å². The zero-order valence-corrected chi connectivity index (χ0v) is 22.1. The van der Waals surface area contributed by atoms with Crippen molar-refractivity contribution >= 4 is 5.69 Å². The molecule has 192 valence electrons. The van der Waals surface area contributed by atoms with Crippen molar-refractivity contribution in [3.8, 4) is 16.9 Å². The summed E-state index contributed by atoms with van der Waals surface area (Å²) < 4.78 is 6.45. The predicted molar refractivity (Wildman–Crippen MR) is 148 cm³/mol. The molecule has 2 fully saturated rings. The molecule has 5 nitrogen and oxygen atoms in total. The summed E-state index contributed by atoms with van der Waals surface area (Å²) in [6.45, 7) is 9.81. The van der Waals surface area contributed by atoms with E-state index in [1.54, 1.807) is 0 Å². The third kappa shape index (κ3) is 8.23. The first-order valence-corrected chi connectivity index (χ1v) is 13.9. The third-order valence-corrected chi connectivity index (χ3v) is 7.33. The Morgan fingerprint density at radius 2 is 1.51 bits per heavy atom.